The van der Waals surface area contributed by atoms with Crippen molar-refractivity contribution in [1.29, 1.82) is 0 Å². The van der Waals surface area contributed by atoms with Crippen LogP contribution in [-0.2, 0) is 9.53 Å². The van der Waals surface area contributed by atoms with Gasteiger partial charge in [0, 0.05) is 19.1 Å². The molecule has 2 aromatic heterocycles. The number of halogens is 1. The van der Waals surface area contributed by atoms with Crippen molar-refractivity contribution in [3.63, 3.8) is 0 Å². The third kappa shape index (κ3) is 4.52. The maximum Gasteiger partial charge on any atom is 0.161 e. The van der Waals surface area contributed by atoms with Crippen molar-refractivity contribution < 1.29 is 9.53 Å². The molecule has 1 aliphatic rings. The van der Waals surface area contributed by atoms with E-state index in [2.05, 4.69) is 14.5 Å². The van der Waals surface area contributed by atoms with Crippen molar-refractivity contribution in [2.45, 2.75) is 52.5 Å². The lowest BCUT2D eigenvalue weighted by Crippen LogP contribution is -2.18. The summed E-state index contributed by atoms with van der Waals surface area (Å²) in [5.41, 5.74) is 1.88. The number of Topliss-reactive ketones (excluding diaryl/α,β-unsaturated/α-hetero) is 1. The van der Waals surface area contributed by atoms with Gasteiger partial charge in [0.15, 0.2) is 11.4 Å². The monoisotopic (exact) mass is 337 g/mol. The van der Waals surface area contributed by atoms with E-state index in [1.807, 2.05) is 26.8 Å². The molecule has 0 N–H and O–H groups in total. The van der Waals surface area contributed by atoms with Gasteiger partial charge in [0.2, 0.25) is 0 Å². The van der Waals surface area contributed by atoms with Crippen molar-refractivity contribution in [3.8, 4) is 0 Å². The molecular weight excluding hydrogens is 314 g/mol. The van der Waals surface area contributed by atoms with Crippen LogP contribution in [0.3, 0.4) is 0 Å². The van der Waals surface area contributed by atoms with Crippen LogP contribution in [0.1, 0.15) is 51.4 Å². The van der Waals surface area contributed by atoms with Gasteiger partial charge in [-0.2, -0.15) is 0 Å². The van der Waals surface area contributed by atoms with Crippen molar-refractivity contribution in [3.05, 3.63) is 23.1 Å². The Balaban J connectivity index is 0.000000207. The lowest BCUT2D eigenvalue weighted by molar-refractivity contribution is -0.123. The Morgan fingerprint density at radius 1 is 1.35 bits per heavy atom. The number of imidazole rings is 1. The second-order valence-corrected chi connectivity index (χ2v) is 6.01. The minimum absolute atomic E-state index is 0.173. The number of pyridine rings is 1. The van der Waals surface area contributed by atoms with Crippen LogP contribution in [0, 0.1) is 6.92 Å². The third-order valence-electron chi connectivity index (χ3n) is 3.98. The Kier molecular flexibility index (Phi) is 6.54. The summed E-state index contributed by atoms with van der Waals surface area (Å²) < 4.78 is 7.06. The Bertz CT molecular complexity index is 665. The van der Waals surface area contributed by atoms with E-state index in [1.165, 1.54) is 19.3 Å². The van der Waals surface area contributed by atoms with Crippen LogP contribution in [0.4, 0.5) is 0 Å². The second-order valence-electron chi connectivity index (χ2n) is 5.62. The first kappa shape index (κ1) is 17.9. The first-order chi connectivity index (χ1) is 11.1. The van der Waals surface area contributed by atoms with Gasteiger partial charge in [-0.3, -0.25) is 4.79 Å². The zero-order chi connectivity index (χ0) is 16.8. The molecule has 2 heterocycles. The van der Waals surface area contributed by atoms with E-state index in [-0.39, 0.29) is 12.4 Å². The maximum absolute atomic E-state index is 10.4. The van der Waals surface area contributed by atoms with E-state index in [4.69, 9.17) is 16.3 Å². The minimum atomic E-state index is 0.173. The lowest BCUT2D eigenvalue weighted by Gasteiger charge is -2.28. The zero-order valence-electron chi connectivity index (χ0n) is 14.0. The largest absolute Gasteiger partial charge is 0.374 e. The number of ether oxygens (including phenoxy) is 1. The molecule has 1 fully saturated rings. The number of aromatic nitrogens is 3. The van der Waals surface area contributed by atoms with Crippen LogP contribution >= 0.6 is 11.6 Å². The van der Waals surface area contributed by atoms with Gasteiger partial charge < -0.3 is 9.30 Å². The predicted molar refractivity (Wildman–Crippen MR) is 92.0 cm³/mol. The quantitative estimate of drug-likeness (QED) is 0.770. The van der Waals surface area contributed by atoms with Gasteiger partial charge in [-0.05, 0) is 45.2 Å². The van der Waals surface area contributed by atoms with E-state index < -0.39 is 0 Å². The highest BCUT2D eigenvalue weighted by Gasteiger charge is 2.23. The SMILES string of the molecule is CCOCC(=O)CC.Cc1nc2ccc(Cl)nc2n1C1CCC1. The summed E-state index contributed by atoms with van der Waals surface area (Å²) >= 11 is 5.91. The smallest absolute Gasteiger partial charge is 0.161 e. The highest BCUT2D eigenvalue weighted by atomic mass is 35.5. The van der Waals surface area contributed by atoms with Gasteiger partial charge in [0.1, 0.15) is 23.1 Å². The molecule has 3 rings (SSSR count). The number of hydrogen-bond acceptors (Lipinski definition) is 4. The molecule has 1 aliphatic carbocycles. The Hall–Kier alpha value is -1.46. The first-order valence-electron chi connectivity index (χ1n) is 8.17. The fraction of sp³-hybridized carbons (Fsp3) is 0.588. The third-order valence-corrected chi connectivity index (χ3v) is 4.19. The lowest BCUT2D eigenvalue weighted by atomic mass is 9.93. The van der Waals surface area contributed by atoms with Crippen molar-refractivity contribution in [2.75, 3.05) is 13.2 Å². The van der Waals surface area contributed by atoms with Gasteiger partial charge in [-0.1, -0.05) is 18.5 Å². The number of ketones is 1. The van der Waals surface area contributed by atoms with E-state index in [0.29, 0.717) is 24.2 Å². The molecule has 0 aromatic carbocycles. The van der Waals surface area contributed by atoms with Crippen LogP contribution in [0.15, 0.2) is 12.1 Å². The molecule has 6 heteroatoms. The van der Waals surface area contributed by atoms with Crippen molar-refractivity contribution >= 4 is 28.5 Å². The van der Waals surface area contributed by atoms with E-state index in [0.717, 1.165) is 17.0 Å². The predicted octanol–water partition coefficient (Wildman–Crippen LogP) is 4.12. The highest BCUT2D eigenvalue weighted by Crippen LogP contribution is 2.34. The Labute approximate surface area is 142 Å². The van der Waals surface area contributed by atoms with Crippen LogP contribution in [0.25, 0.3) is 11.2 Å². The normalized spacial score (nSPS) is 14.3. The van der Waals surface area contributed by atoms with Crippen LogP contribution in [0.5, 0.6) is 0 Å². The summed E-state index contributed by atoms with van der Waals surface area (Å²) in [6.07, 6.45) is 4.37. The number of nitrogens with zero attached hydrogens (tertiary/aromatic N) is 3. The van der Waals surface area contributed by atoms with Crippen LogP contribution in [0.2, 0.25) is 5.15 Å². The first-order valence-corrected chi connectivity index (χ1v) is 8.55. The summed E-state index contributed by atoms with van der Waals surface area (Å²) in [5, 5.41) is 0.544. The van der Waals surface area contributed by atoms with Gasteiger partial charge in [-0.25, -0.2) is 9.97 Å². The van der Waals surface area contributed by atoms with E-state index in [9.17, 15) is 4.79 Å². The zero-order valence-corrected chi connectivity index (χ0v) is 14.8. The molecule has 2 aromatic rings. The molecule has 1 saturated carbocycles. The molecule has 0 atom stereocenters. The number of rotatable bonds is 5. The fourth-order valence-corrected chi connectivity index (χ4v) is 2.61. The molecule has 5 nitrogen and oxygen atoms in total. The summed E-state index contributed by atoms with van der Waals surface area (Å²) in [6, 6.07) is 4.31. The molecule has 0 unspecified atom stereocenters. The number of carbonyl (C=O) groups is 1. The standard InChI is InChI=1S/C11H12ClN3.C6H12O2/c1-7-13-9-5-6-10(12)14-11(9)15(7)8-3-2-4-8;1-3-6(7)5-8-4-2/h5-6,8H,2-4H2,1H3;3-5H2,1-2H3. The number of carbonyl (C=O) groups excluding carboxylic acids is 1. The average Bonchev–Trinajstić information content (AvgIpc) is 2.80. The molecule has 23 heavy (non-hydrogen) atoms. The molecule has 126 valence electrons. The van der Waals surface area contributed by atoms with E-state index in [1.54, 1.807) is 6.07 Å². The Morgan fingerprint density at radius 2 is 2.09 bits per heavy atom. The maximum atomic E-state index is 10.4. The average molecular weight is 338 g/mol. The van der Waals surface area contributed by atoms with Crippen LogP contribution in [-0.4, -0.2) is 33.5 Å². The van der Waals surface area contributed by atoms with Gasteiger partial charge >= 0.3 is 0 Å². The van der Waals surface area contributed by atoms with Crippen molar-refractivity contribution in [1.82, 2.24) is 14.5 Å². The molecule has 0 radical (unpaired) electrons. The highest BCUT2D eigenvalue weighted by molar-refractivity contribution is 6.29. The van der Waals surface area contributed by atoms with Crippen molar-refractivity contribution in [2.24, 2.45) is 0 Å². The second kappa shape index (κ2) is 8.41. The topological polar surface area (TPSA) is 57.0 Å². The minimum Gasteiger partial charge on any atom is -0.374 e. The number of hydrogen-bond donors (Lipinski definition) is 0. The number of fused-ring (bicyclic) bond motifs is 1. The van der Waals surface area contributed by atoms with E-state index >= 15 is 0 Å². The molecular formula is C17H24ClN3O2. The molecule has 0 spiro atoms. The Morgan fingerprint density at radius 3 is 2.65 bits per heavy atom. The van der Waals surface area contributed by atoms with Gasteiger partial charge in [-0.15, -0.1) is 0 Å². The summed E-state index contributed by atoms with van der Waals surface area (Å²) in [7, 11) is 0. The summed E-state index contributed by atoms with van der Waals surface area (Å²) in [5.74, 6) is 1.22. The molecule has 0 aliphatic heterocycles. The summed E-state index contributed by atoms with van der Waals surface area (Å²) in [4.78, 5) is 19.3. The van der Waals surface area contributed by atoms with Gasteiger partial charge in [0.25, 0.3) is 0 Å². The molecule has 0 amide bonds. The van der Waals surface area contributed by atoms with Crippen LogP contribution < -0.4 is 0 Å². The van der Waals surface area contributed by atoms with Gasteiger partial charge in [0.05, 0.1) is 0 Å². The fourth-order valence-electron chi connectivity index (χ4n) is 2.46. The summed E-state index contributed by atoms with van der Waals surface area (Å²) in [6.45, 7) is 6.66. The molecule has 0 saturated heterocycles. The number of aryl methyl sites for hydroxylation is 1. The molecule has 0 bridgehead atoms.